The Morgan fingerprint density at radius 1 is 1.13 bits per heavy atom. The molecule has 2 aromatic carbocycles. The van der Waals surface area contributed by atoms with Crippen LogP contribution in [-0.2, 0) is 4.79 Å². The molecule has 0 aliphatic heterocycles. The number of halogens is 2. The monoisotopic (exact) mass is 347 g/mol. The highest BCUT2D eigenvalue weighted by Gasteiger charge is 2.10. The summed E-state index contributed by atoms with van der Waals surface area (Å²) >= 11 is 11.9. The van der Waals surface area contributed by atoms with Crippen molar-refractivity contribution in [2.45, 2.75) is 26.8 Å². The van der Waals surface area contributed by atoms with Crippen molar-refractivity contribution in [3.05, 3.63) is 74.8 Å². The van der Waals surface area contributed by atoms with Crippen molar-refractivity contribution in [3.63, 3.8) is 0 Å². The molecule has 4 heteroatoms. The highest BCUT2D eigenvalue weighted by molar-refractivity contribution is 6.35. The third kappa shape index (κ3) is 4.85. The summed E-state index contributed by atoms with van der Waals surface area (Å²) in [5, 5.41) is 4.06. The minimum Gasteiger partial charge on any atom is -0.346 e. The van der Waals surface area contributed by atoms with Crippen molar-refractivity contribution < 1.29 is 4.79 Å². The van der Waals surface area contributed by atoms with E-state index in [0.717, 1.165) is 16.7 Å². The predicted octanol–water partition coefficient (Wildman–Crippen LogP) is 5.50. The van der Waals surface area contributed by atoms with Crippen molar-refractivity contribution in [2.24, 2.45) is 0 Å². The molecule has 1 atom stereocenters. The number of carbonyl (C=O) groups excluding carboxylic acids is 1. The summed E-state index contributed by atoms with van der Waals surface area (Å²) in [6.07, 6.45) is 3.17. The van der Waals surface area contributed by atoms with Gasteiger partial charge in [0.1, 0.15) is 0 Å². The van der Waals surface area contributed by atoms with Crippen molar-refractivity contribution in [1.29, 1.82) is 0 Å². The van der Waals surface area contributed by atoms with Gasteiger partial charge in [0, 0.05) is 16.1 Å². The van der Waals surface area contributed by atoms with E-state index in [1.807, 2.05) is 20.8 Å². The van der Waals surface area contributed by atoms with Gasteiger partial charge >= 0.3 is 0 Å². The maximum absolute atomic E-state index is 12.1. The van der Waals surface area contributed by atoms with Crippen LogP contribution in [0.2, 0.25) is 10.0 Å². The van der Waals surface area contributed by atoms with E-state index in [-0.39, 0.29) is 11.9 Å². The molecular weight excluding hydrogens is 329 g/mol. The summed E-state index contributed by atoms with van der Waals surface area (Å²) in [5.74, 6) is -0.163. The lowest BCUT2D eigenvalue weighted by Crippen LogP contribution is -2.25. The zero-order valence-electron chi connectivity index (χ0n) is 13.4. The number of nitrogens with one attached hydrogen (secondary N) is 1. The van der Waals surface area contributed by atoms with Crippen LogP contribution in [0.1, 0.15) is 35.2 Å². The second-order valence-electron chi connectivity index (χ2n) is 5.59. The van der Waals surface area contributed by atoms with Crippen LogP contribution in [0.15, 0.2) is 42.5 Å². The van der Waals surface area contributed by atoms with Gasteiger partial charge in [0.05, 0.1) is 6.04 Å². The fourth-order valence-corrected chi connectivity index (χ4v) is 2.84. The average Bonchev–Trinajstić information content (AvgIpc) is 2.48. The summed E-state index contributed by atoms with van der Waals surface area (Å²) in [7, 11) is 0. The van der Waals surface area contributed by atoms with Crippen molar-refractivity contribution in [3.8, 4) is 0 Å². The van der Waals surface area contributed by atoms with E-state index in [2.05, 4.69) is 23.5 Å². The zero-order valence-corrected chi connectivity index (χ0v) is 14.9. The average molecular weight is 348 g/mol. The van der Waals surface area contributed by atoms with Crippen LogP contribution < -0.4 is 5.32 Å². The van der Waals surface area contributed by atoms with Gasteiger partial charge in [0.25, 0.3) is 0 Å². The van der Waals surface area contributed by atoms with Crippen LogP contribution in [-0.4, -0.2) is 5.91 Å². The standard InChI is InChI=1S/C19H19Cl2NO/c1-12-4-5-13(2)17(10-12)14(3)22-19(23)9-7-15-6-8-16(20)11-18(15)21/h4-11,14H,1-3H3,(H,22,23)/b9-7+/t14-/m1/s1. The lowest BCUT2D eigenvalue weighted by molar-refractivity contribution is -0.117. The number of benzene rings is 2. The molecular formula is C19H19Cl2NO. The van der Waals surface area contributed by atoms with Gasteiger partial charge in [0.2, 0.25) is 5.91 Å². The van der Waals surface area contributed by atoms with Gasteiger partial charge in [-0.15, -0.1) is 0 Å². The summed E-state index contributed by atoms with van der Waals surface area (Å²) in [6, 6.07) is 11.3. The number of amides is 1. The number of rotatable bonds is 4. The lowest BCUT2D eigenvalue weighted by Gasteiger charge is -2.16. The van der Waals surface area contributed by atoms with E-state index in [9.17, 15) is 4.79 Å². The minimum absolute atomic E-state index is 0.0623. The first kappa shape index (κ1) is 17.6. The number of carbonyl (C=O) groups is 1. The van der Waals surface area contributed by atoms with Gasteiger partial charge in [-0.05, 0) is 55.7 Å². The van der Waals surface area contributed by atoms with Crippen LogP contribution in [0, 0.1) is 13.8 Å². The summed E-state index contributed by atoms with van der Waals surface area (Å²) < 4.78 is 0. The quantitative estimate of drug-likeness (QED) is 0.726. The topological polar surface area (TPSA) is 29.1 Å². The highest BCUT2D eigenvalue weighted by Crippen LogP contribution is 2.22. The van der Waals surface area contributed by atoms with Gasteiger partial charge in [-0.3, -0.25) is 4.79 Å². The van der Waals surface area contributed by atoms with Crippen LogP contribution in [0.3, 0.4) is 0 Å². The molecule has 0 saturated carbocycles. The molecule has 0 spiro atoms. The third-order valence-electron chi connectivity index (χ3n) is 3.64. The number of hydrogen-bond acceptors (Lipinski definition) is 1. The van der Waals surface area contributed by atoms with Gasteiger partial charge in [-0.25, -0.2) is 0 Å². The molecule has 1 N–H and O–H groups in total. The molecule has 120 valence electrons. The fourth-order valence-electron chi connectivity index (χ4n) is 2.37. The number of aryl methyl sites for hydroxylation is 2. The second-order valence-corrected chi connectivity index (χ2v) is 6.43. The normalized spacial score (nSPS) is 12.4. The molecule has 0 aromatic heterocycles. The molecule has 0 saturated heterocycles. The molecule has 2 rings (SSSR count). The zero-order chi connectivity index (χ0) is 17.0. The SMILES string of the molecule is Cc1ccc(C)c([C@@H](C)NC(=O)/C=C/c2ccc(Cl)cc2Cl)c1. The molecule has 23 heavy (non-hydrogen) atoms. The Labute approximate surface area is 147 Å². The van der Waals surface area contributed by atoms with Crippen LogP contribution in [0.5, 0.6) is 0 Å². The van der Waals surface area contributed by atoms with Crippen molar-refractivity contribution in [1.82, 2.24) is 5.32 Å². The van der Waals surface area contributed by atoms with Crippen molar-refractivity contribution in [2.75, 3.05) is 0 Å². The Kier molecular flexibility index (Phi) is 5.86. The molecule has 0 aliphatic rings. The smallest absolute Gasteiger partial charge is 0.244 e. The van der Waals surface area contributed by atoms with Crippen LogP contribution in [0.25, 0.3) is 6.08 Å². The largest absolute Gasteiger partial charge is 0.346 e. The van der Waals surface area contributed by atoms with E-state index in [1.165, 1.54) is 11.6 Å². The third-order valence-corrected chi connectivity index (χ3v) is 4.20. The lowest BCUT2D eigenvalue weighted by atomic mass is 10.00. The highest BCUT2D eigenvalue weighted by atomic mass is 35.5. The minimum atomic E-state index is -0.163. The molecule has 0 unspecified atom stereocenters. The van der Waals surface area contributed by atoms with E-state index >= 15 is 0 Å². The van der Waals surface area contributed by atoms with Crippen LogP contribution >= 0.6 is 23.2 Å². The maximum atomic E-state index is 12.1. The van der Waals surface area contributed by atoms with Gasteiger partial charge < -0.3 is 5.32 Å². The molecule has 0 aliphatic carbocycles. The van der Waals surface area contributed by atoms with Gasteiger partial charge in [0.15, 0.2) is 0 Å². The summed E-state index contributed by atoms with van der Waals surface area (Å²) in [4.78, 5) is 12.1. The summed E-state index contributed by atoms with van der Waals surface area (Å²) in [5.41, 5.74) is 4.21. The molecule has 2 aromatic rings. The number of hydrogen-bond donors (Lipinski definition) is 1. The molecule has 1 amide bonds. The van der Waals surface area contributed by atoms with Crippen LogP contribution in [0.4, 0.5) is 0 Å². The second kappa shape index (κ2) is 7.67. The maximum Gasteiger partial charge on any atom is 0.244 e. The van der Waals surface area contributed by atoms with E-state index in [4.69, 9.17) is 23.2 Å². The Morgan fingerprint density at radius 3 is 2.57 bits per heavy atom. The Bertz CT molecular complexity index is 753. The molecule has 0 radical (unpaired) electrons. The Morgan fingerprint density at radius 2 is 1.87 bits per heavy atom. The van der Waals surface area contributed by atoms with E-state index in [1.54, 1.807) is 24.3 Å². The predicted molar refractivity (Wildman–Crippen MR) is 98.0 cm³/mol. The molecule has 0 fully saturated rings. The van der Waals surface area contributed by atoms with E-state index < -0.39 is 0 Å². The van der Waals surface area contributed by atoms with Gasteiger partial charge in [-0.1, -0.05) is 53.0 Å². The molecule has 0 heterocycles. The first-order chi connectivity index (χ1) is 10.9. The molecule has 0 bridgehead atoms. The van der Waals surface area contributed by atoms with E-state index in [0.29, 0.717) is 10.0 Å². The Hall–Kier alpha value is -1.77. The fraction of sp³-hybridized carbons (Fsp3) is 0.211. The summed E-state index contributed by atoms with van der Waals surface area (Å²) in [6.45, 7) is 6.06. The van der Waals surface area contributed by atoms with Crippen molar-refractivity contribution >= 4 is 35.2 Å². The Balaban J connectivity index is 2.06. The first-order valence-corrected chi connectivity index (χ1v) is 8.13. The van der Waals surface area contributed by atoms with Gasteiger partial charge in [-0.2, -0.15) is 0 Å². The molecule has 2 nitrogen and oxygen atoms in total. The first-order valence-electron chi connectivity index (χ1n) is 7.37.